The van der Waals surface area contributed by atoms with Crippen molar-refractivity contribution in [3.63, 3.8) is 0 Å². The summed E-state index contributed by atoms with van der Waals surface area (Å²) in [6.07, 6.45) is 11.6. The number of nitrogens with one attached hydrogen (secondary N) is 1. The van der Waals surface area contributed by atoms with Gasteiger partial charge in [0.15, 0.2) is 11.5 Å². The lowest BCUT2D eigenvalue weighted by Crippen LogP contribution is -2.46. The van der Waals surface area contributed by atoms with Gasteiger partial charge < -0.3 is 15.8 Å². The minimum Gasteiger partial charge on any atom is -0.457 e. The summed E-state index contributed by atoms with van der Waals surface area (Å²) >= 11 is 0. The Balaban J connectivity index is 1.13. The van der Waals surface area contributed by atoms with Gasteiger partial charge in [0.2, 0.25) is 0 Å². The van der Waals surface area contributed by atoms with Crippen molar-refractivity contribution in [1.29, 1.82) is 0 Å². The fourth-order valence-electron chi connectivity index (χ4n) is 5.97. The van der Waals surface area contributed by atoms with Gasteiger partial charge in [-0.25, -0.2) is 19.0 Å². The number of anilines is 2. The lowest BCUT2D eigenvalue weighted by molar-refractivity contribution is 0.120. The number of fused-ring (bicyclic) bond motifs is 4. The molecule has 2 aliphatic heterocycles. The van der Waals surface area contributed by atoms with Crippen molar-refractivity contribution in [3.8, 4) is 11.5 Å². The van der Waals surface area contributed by atoms with Crippen molar-refractivity contribution < 1.29 is 4.74 Å². The summed E-state index contributed by atoms with van der Waals surface area (Å²) < 4.78 is 9.75. The Hall–Kier alpha value is -4.02. The first-order chi connectivity index (χ1) is 18.1. The molecule has 7 rings (SSSR count). The van der Waals surface area contributed by atoms with Crippen LogP contribution in [0, 0.1) is 6.92 Å². The summed E-state index contributed by atoms with van der Waals surface area (Å²) in [4.78, 5) is 11.5. The van der Waals surface area contributed by atoms with Gasteiger partial charge in [-0.05, 0) is 74.1 Å². The number of piperidine rings is 1. The van der Waals surface area contributed by atoms with Crippen molar-refractivity contribution >= 4 is 22.7 Å². The number of nitrogens with zero attached hydrogens (tertiary/aromatic N) is 7. The smallest absolute Gasteiger partial charge is 0.158 e. The first-order valence-electron chi connectivity index (χ1n) is 12.8. The molecule has 0 unspecified atom stereocenters. The third-order valence-electron chi connectivity index (χ3n) is 7.73. The molecular weight excluding hydrogens is 466 g/mol. The molecule has 2 saturated heterocycles. The summed E-state index contributed by atoms with van der Waals surface area (Å²) in [5.74, 6) is 2.29. The molecule has 0 aliphatic carbocycles. The summed E-state index contributed by atoms with van der Waals surface area (Å²) in [5.41, 5.74) is 11.2. The molecule has 6 heterocycles. The van der Waals surface area contributed by atoms with E-state index in [1.165, 1.54) is 24.7 Å². The fourth-order valence-corrected chi connectivity index (χ4v) is 5.97. The van der Waals surface area contributed by atoms with E-state index in [9.17, 15) is 0 Å². The van der Waals surface area contributed by atoms with Gasteiger partial charge >= 0.3 is 0 Å². The summed E-state index contributed by atoms with van der Waals surface area (Å²) in [6.45, 7) is 2.92. The van der Waals surface area contributed by atoms with Crippen LogP contribution >= 0.6 is 0 Å². The van der Waals surface area contributed by atoms with Gasteiger partial charge in [-0.3, -0.25) is 4.90 Å². The average molecular weight is 496 g/mol. The van der Waals surface area contributed by atoms with Crippen LogP contribution < -0.4 is 15.8 Å². The highest BCUT2D eigenvalue weighted by Crippen LogP contribution is 2.37. The molecule has 188 valence electrons. The molecular formula is C27H29N9O. The normalized spacial score (nSPS) is 21.6. The van der Waals surface area contributed by atoms with Crippen molar-refractivity contribution in [2.45, 2.75) is 57.3 Å². The molecule has 37 heavy (non-hydrogen) atoms. The van der Waals surface area contributed by atoms with Crippen LogP contribution in [0.25, 0.3) is 11.2 Å². The van der Waals surface area contributed by atoms with Gasteiger partial charge in [0.05, 0.1) is 0 Å². The fraction of sp³-hybridized carbons (Fsp3) is 0.333. The number of aryl methyl sites for hydroxylation is 1. The third-order valence-corrected chi connectivity index (χ3v) is 7.73. The lowest BCUT2D eigenvalue weighted by Gasteiger charge is -2.37. The van der Waals surface area contributed by atoms with E-state index in [1.807, 2.05) is 48.1 Å². The maximum Gasteiger partial charge on any atom is 0.158 e. The van der Waals surface area contributed by atoms with Crippen LogP contribution in [0.3, 0.4) is 0 Å². The number of hydrogen-bond acceptors (Lipinski definition) is 8. The lowest BCUT2D eigenvalue weighted by atomic mass is 9.97. The molecule has 2 fully saturated rings. The van der Waals surface area contributed by atoms with Gasteiger partial charge in [-0.1, -0.05) is 0 Å². The minimum absolute atomic E-state index is 0.334. The van der Waals surface area contributed by atoms with Crippen LogP contribution in [0.1, 0.15) is 36.8 Å². The number of rotatable bonds is 6. The Labute approximate surface area is 214 Å². The molecule has 3 atom stereocenters. The first-order valence-corrected chi connectivity index (χ1v) is 12.8. The van der Waals surface area contributed by atoms with Gasteiger partial charge in [0.1, 0.15) is 29.7 Å². The molecule has 3 N–H and O–H groups in total. The molecule has 5 aromatic rings. The molecule has 2 bridgehead atoms. The van der Waals surface area contributed by atoms with Gasteiger partial charge in [0, 0.05) is 48.8 Å². The summed E-state index contributed by atoms with van der Waals surface area (Å²) in [7, 11) is 0. The van der Waals surface area contributed by atoms with Crippen LogP contribution in [0.2, 0.25) is 0 Å². The van der Waals surface area contributed by atoms with Crippen LogP contribution in [0.4, 0.5) is 11.5 Å². The predicted octanol–water partition coefficient (Wildman–Crippen LogP) is 4.07. The highest BCUT2D eigenvalue weighted by atomic mass is 16.5. The van der Waals surface area contributed by atoms with E-state index in [0.717, 1.165) is 53.4 Å². The first kappa shape index (κ1) is 22.2. The Morgan fingerprint density at radius 3 is 2.59 bits per heavy atom. The van der Waals surface area contributed by atoms with Crippen molar-refractivity contribution in [2.24, 2.45) is 5.73 Å². The second-order valence-corrected chi connectivity index (χ2v) is 10.2. The Morgan fingerprint density at radius 1 is 0.973 bits per heavy atom. The van der Waals surface area contributed by atoms with Crippen LogP contribution in [-0.4, -0.2) is 52.2 Å². The van der Waals surface area contributed by atoms with Crippen LogP contribution in [0.5, 0.6) is 11.5 Å². The van der Waals surface area contributed by atoms with Crippen molar-refractivity contribution in [3.05, 3.63) is 72.6 Å². The van der Waals surface area contributed by atoms with Crippen LogP contribution in [-0.2, 0) is 6.54 Å². The molecule has 4 aromatic heterocycles. The van der Waals surface area contributed by atoms with E-state index < -0.39 is 0 Å². The molecule has 10 heteroatoms. The number of nitrogens with two attached hydrogens (primary N) is 1. The summed E-state index contributed by atoms with van der Waals surface area (Å²) in [5, 5.41) is 12.1. The molecule has 0 amide bonds. The molecule has 0 saturated carbocycles. The number of ether oxygens (including phenoxy) is 1. The molecule has 0 spiro atoms. The highest BCUT2D eigenvalue weighted by molar-refractivity contribution is 5.76. The minimum atomic E-state index is 0.334. The van der Waals surface area contributed by atoms with Gasteiger partial charge in [0.25, 0.3) is 0 Å². The number of pyridine rings is 1. The predicted molar refractivity (Wildman–Crippen MR) is 140 cm³/mol. The zero-order valence-electron chi connectivity index (χ0n) is 20.7. The number of hydrogen-bond donors (Lipinski definition) is 2. The third kappa shape index (κ3) is 4.08. The van der Waals surface area contributed by atoms with E-state index in [4.69, 9.17) is 10.5 Å². The maximum atomic E-state index is 6.30. The zero-order valence-corrected chi connectivity index (χ0v) is 20.7. The second kappa shape index (κ2) is 8.82. The Kier molecular flexibility index (Phi) is 5.29. The number of aromatic nitrogens is 6. The second-order valence-electron chi connectivity index (χ2n) is 10.2. The topological polar surface area (TPSA) is 111 Å². The molecule has 2 aliphatic rings. The van der Waals surface area contributed by atoms with E-state index >= 15 is 0 Å². The van der Waals surface area contributed by atoms with E-state index in [1.54, 1.807) is 10.8 Å². The zero-order chi connectivity index (χ0) is 24.9. The van der Waals surface area contributed by atoms with Crippen molar-refractivity contribution in [1.82, 2.24) is 34.1 Å². The van der Waals surface area contributed by atoms with E-state index in [2.05, 4.69) is 42.5 Å². The van der Waals surface area contributed by atoms with Gasteiger partial charge in [-0.2, -0.15) is 10.2 Å². The Bertz CT molecular complexity index is 1580. The van der Waals surface area contributed by atoms with E-state index in [0.29, 0.717) is 23.9 Å². The molecule has 10 nitrogen and oxygen atoms in total. The molecule has 0 radical (unpaired) electrons. The standard InChI is InChI=1S/C27H29N9O/c1-17-10-20(2-5-24(17)37-23-7-9-35-25(13-23)29-15-31-35)33-27-26-18(6-8-36(26)32-16-30-27)14-34-21-3-4-22(34)12-19(28)11-21/h2,5-10,13,15-16,19,21-22H,3-4,11-12,14,28H2,1H3,(H,30,32,33)/t19-,21-,22+. The summed E-state index contributed by atoms with van der Waals surface area (Å²) in [6, 6.07) is 13.4. The monoisotopic (exact) mass is 495 g/mol. The van der Waals surface area contributed by atoms with E-state index in [-0.39, 0.29) is 0 Å². The average Bonchev–Trinajstić information content (AvgIpc) is 3.58. The largest absolute Gasteiger partial charge is 0.457 e. The SMILES string of the molecule is Cc1cc(Nc2ncnn3ccc(CN4[C@@H]5CC[C@H]4C[C@H](N)C5)c23)ccc1Oc1ccn2ncnc2c1. The highest BCUT2D eigenvalue weighted by Gasteiger charge is 2.39. The Morgan fingerprint density at radius 2 is 1.76 bits per heavy atom. The van der Waals surface area contributed by atoms with Crippen LogP contribution in [0.15, 0.2) is 61.4 Å². The maximum absolute atomic E-state index is 6.30. The quantitative estimate of drug-likeness (QED) is 0.363. The van der Waals surface area contributed by atoms with Gasteiger partial charge in [-0.15, -0.1) is 0 Å². The molecule has 1 aromatic carbocycles. The number of benzene rings is 1. The van der Waals surface area contributed by atoms with Crippen molar-refractivity contribution in [2.75, 3.05) is 5.32 Å².